The first-order chi connectivity index (χ1) is 21.7. The molecule has 240 valence electrons. The van der Waals surface area contributed by atoms with Gasteiger partial charge < -0.3 is 15.5 Å². The van der Waals surface area contributed by atoms with E-state index in [0.29, 0.717) is 10.6 Å². The second kappa shape index (κ2) is 11.9. The van der Waals surface area contributed by atoms with E-state index in [0.717, 1.165) is 35.3 Å². The highest BCUT2D eigenvalue weighted by molar-refractivity contribution is 8.12. The summed E-state index contributed by atoms with van der Waals surface area (Å²) in [5.74, 6) is -2.42. The van der Waals surface area contributed by atoms with Gasteiger partial charge in [-0.3, -0.25) is 19.3 Å². The Bertz CT molecular complexity index is 1880. The highest BCUT2D eigenvalue weighted by Gasteiger charge is 2.59. The first kappa shape index (κ1) is 32.3. The van der Waals surface area contributed by atoms with Crippen LogP contribution in [0.25, 0.3) is 4.91 Å². The van der Waals surface area contributed by atoms with Crippen LogP contribution in [0.15, 0.2) is 92.8 Å². The van der Waals surface area contributed by atoms with Crippen LogP contribution in [0.3, 0.4) is 0 Å². The number of anilines is 1. The van der Waals surface area contributed by atoms with E-state index in [4.69, 9.17) is 5.14 Å². The number of carboxylic acids is 2. The van der Waals surface area contributed by atoms with Crippen LogP contribution >= 0.6 is 23.5 Å². The lowest BCUT2D eigenvalue weighted by molar-refractivity contribution is -0.142. The van der Waals surface area contributed by atoms with Gasteiger partial charge in [-0.15, -0.1) is 23.5 Å². The summed E-state index contributed by atoms with van der Waals surface area (Å²) in [5, 5.41) is 26.5. The predicted molar refractivity (Wildman–Crippen MR) is 179 cm³/mol. The molecule has 2 heterocycles. The lowest BCUT2D eigenvalue weighted by atomic mass is 9.72. The van der Waals surface area contributed by atoms with Gasteiger partial charge in [0.1, 0.15) is 0 Å². The van der Waals surface area contributed by atoms with E-state index in [1.807, 2.05) is 30.3 Å². The highest BCUT2D eigenvalue weighted by atomic mass is 32.2. The zero-order chi connectivity index (χ0) is 33.0. The summed E-state index contributed by atoms with van der Waals surface area (Å²) in [6.07, 6.45) is 7.27. The molecule has 13 heteroatoms. The first-order valence-corrected chi connectivity index (χ1v) is 17.8. The Hall–Kier alpha value is -3.62. The fraction of sp³-hybridized carbons (Fsp3) is 0.303. The van der Waals surface area contributed by atoms with E-state index < -0.39 is 26.7 Å². The third kappa shape index (κ3) is 5.86. The van der Waals surface area contributed by atoms with Gasteiger partial charge in [0, 0.05) is 17.1 Å². The third-order valence-corrected chi connectivity index (χ3v) is 13.2. The Morgan fingerprint density at radius 2 is 1.43 bits per heavy atom. The van der Waals surface area contributed by atoms with Gasteiger partial charge in [0.25, 0.3) is 5.91 Å². The molecule has 2 atom stereocenters. The molecule has 6 rings (SSSR count). The van der Waals surface area contributed by atoms with E-state index >= 15 is 0 Å². The van der Waals surface area contributed by atoms with Crippen LogP contribution in [0.4, 0.5) is 5.69 Å². The van der Waals surface area contributed by atoms with Crippen LogP contribution in [0.1, 0.15) is 44.2 Å². The molecule has 1 fully saturated rings. The topological polar surface area (TPSA) is 167 Å². The number of hydrogen-bond acceptors (Lipinski definition) is 8. The Morgan fingerprint density at radius 3 is 2.00 bits per heavy atom. The number of nitrogens with zero attached hydrogens (tertiary/aromatic N) is 1. The molecule has 46 heavy (non-hydrogen) atoms. The average Bonchev–Trinajstić information content (AvgIpc) is 3.69. The number of carbonyl (C=O) groups excluding carboxylic acids is 1. The fourth-order valence-electron chi connectivity index (χ4n) is 6.70. The molecular formula is C33H33N3O7S3. The summed E-state index contributed by atoms with van der Waals surface area (Å²) in [6, 6.07) is 13.6. The van der Waals surface area contributed by atoms with Crippen molar-refractivity contribution in [3.8, 4) is 0 Å². The number of carboxylic acid groups (broad SMARTS) is 2. The fourth-order valence-corrected chi connectivity index (χ4v) is 10.3. The molecule has 2 aromatic rings. The Labute approximate surface area is 275 Å². The van der Waals surface area contributed by atoms with Crippen LogP contribution < -0.4 is 10.5 Å². The molecule has 0 aromatic heterocycles. The van der Waals surface area contributed by atoms with Crippen molar-refractivity contribution in [2.24, 2.45) is 5.14 Å². The molecule has 4 aliphatic rings. The zero-order valence-electron chi connectivity index (χ0n) is 25.2. The maximum absolute atomic E-state index is 13.5. The quantitative estimate of drug-likeness (QED) is 0.269. The van der Waals surface area contributed by atoms with Gasteiger partial charge in [-0.2, -0.15) is 0 Å². The number of nitrogens with one attached hydrogen (secondary N) is 1. The number of aliphatic carboxylic acids is 2. The van der Waals surface area contributed by atoms with Crippen molar-refractivity contribution >= 4 is 62.0 Å². The molecule has 0 saturated heterocycles. The number of fused-ring (bicyclic) bond motifs is 4. The Kier molecular flexibility index (Phi) is 8.34. The predicted octanol–water partition coefficient (Wildman–Crippen LogP) is 4.97. The second-order valence-electron chi connectivity index (χ2n) is 12.1. The lowest BCUT2D eigenvalue weighted by Gasteiger charge is -2.47. The summed E-state index contributed by atoms with van der Waals surface area (Å²) in [5.41, 5.74) is 7.44. The second-order valence-corrected chi connectivity index (χ2v) is 16.6. The maximum atomic E-state index is 13.5. The zero-order valence-corrected chi connectivity index (χ0v) is 27.7. The molecule has 10 nitrogen and oxygen atoms in total. The van der Waals surface area contributed by atoms with Gasteiger partial charge in [-0.25, -0.2) is 13.6 Å². The number of benzene rings is 2. The number of amides is 1. The average molecular weight is 680 g/mol. The van der Waals surface area contributed by atoms with E-state index in [1.54, 1.807) is 23.5 Å². The van der Waals surface area contributed by atoms with Gasteiger partial charge in [0.15, 0.2) is 0 Å². The monoisotopic (exact) mass is 679 g/mol. The number of rotatable bonds is 10. The van der Waals surface area contributed by atoms with Crippen molar-refractivity contribution in [3.63, 3.8) is 0 Å². The molecular weight excluding hydrogens is 647 g/mol. The Balaban J connectivity index is 1.24. The van der Waals surface area contributed by atoms with Crippen molar-refractivity contribution < 1.29 is 33.0 Å². The first-order valence-electron chi connectivity index (χ1n) is 14.7. The normalized spacial score (nSPS) is 23.6. The number of carbonyl (C=O) groups is 3. The van der Waals surface area contributed by atoms with Gasteiger partial charge in [-0.05, 0) is 103 Å². The highest BCUT2D eigenvalue weighted by Crippen LogP contribution is 2.69. The molecule has 2 aliphatic carbocycles. The van der Waals surface area contributed by atoms with Crippen molar-refractivity contribution in [3.05, 3.63) is 99.0 Å². The Morgan fingerprint density at radius 1 is 0.870 bits per heavy atom. The van der Waals surface area contributed by atoms with Crippen LogP contribution in [-0.2, 0) is 31.0 Å². The van der Waals surface area contributed by atoms with Crippen LogP contribution in [0, 0.1) is 0 Å². The molecule has 1 saturated carbocycles. The summed E-state index contributed by atoms with van der Waals surface area (Å²) in [7, 11) is -3.84. The number of nitrogens with two attached hydrogens (primary N) is 1. The molecule has 1 amide bonds. The molecule has 0 spiro atoms. The smallest absolute Gasteiger partial charge is 0.317 e. The van der Waals surface area contributed by atoms with Gasteiger partial charge >= 0.3 is 11.9 Å². The lowest BCUT2D eigenvalue weighted by Crippen LogP contribution is -2.47. The summed E-state index contributed by atoms with van der Waals surface area (Å²) >= 11 is 3.34. The van der Waals surface area contributed by atoms with Crippen molar-refractivity contribution in [2.45, 2.75) is 54.0 Å². The summed E-state index contributed by atoms with van der Waals surface area (Å²) < 4.78 is 22.5. The van der Waals surface area contributed by atoms with Crippen LogP contribution in [0.2, 0.25) is 0 Å². The summed E-state index contributed by atoms with van der Waals surface area (Å²) in [4.78, 5) is 39.0. The molecule has 2 unspecified atom stereocenters. The van der Waals surface area contributed by atoms with E-state index in [2.05, 4.69) is 25.2 Å². The van der Waals surface area contributed by atoms with Gasteiger partial charge in [-0.1, -0.05) is 24.3 Å². The van der Waals surface area contributed by atoms with Crippen molar-refractivity contribution in [2.75, 3.05) is 18.4 Å². The van der Waals surface area contributed by atoms with Crippen molar-refractivity contribution in [1.82, 2.24) is 4.90 Å². The number of allylic oxidation sites excluding steroid dienone is 4. The standard InChI is InChI=1S/C33H33N3O7S3/c1-32-25(14-27(44-32)20-8-6-19(7-9-20)16-36(17-29(37)38)18-30(39)40)23-4-3-5-24(23)26-15-28(45-33(26,32)2)31(41)35-21-10-12-22(13-11-21)46(34,42)43/h6-15H,3-5,16-18H2,1-2H3,(H,35,41)(H,37,38)(H,39,40)(H2,34,42,43). The van der Waals surface area contributed by atoms with E-state index in [1.165, 1.54) is 51.5 Å². The third-order valence-electron chi connectivity index (χ3n) is 9.01. The molecule has 2 aliphatic heterocycles. The summed E-state index contributed by atoms with van der Waals surface area (Å²) in [6.45, 7) is 3.93. The minimum atomic E-state index is -3.84. The SMILES string of the molecule is CC12SC(C(=O)Nc3ccc(S(N)(=O)=O)cc3)=CC1=C1CCCC1=C1C=C(c3ccc(CN(CC(=O)O)CC(=O)O)cc3)SC12C. The molecule has 2 aromatic carbocycles. The van der Waals surface area contributed by atoms with Crippen molar-refractivity contribution in [1.29, 1.82) is 0 Å². The minimum absolute atomic E-state index is 0.0275. The number of sulfonamides is 1. The number of thioether (sulfide) groups is 2. The van der Waals surface area contributed by atoms with Gasteiger partial charge in [0.05, 0.1) is 32.4 Å². The largest absolute Gasteiger partial charge is 0.480 e. The number of hydrogen-bond donors (Lipinski definition) is 4. The van der Waals surface area contributed by atoms with E-state index in [-0.39, 0.29) is 35.2 Å². The van der Waals surface area contributed by atoms with Crippen LogP contribution in [-0.4, -0.2) is 64.0 Å². The molecule has 0 radical (unpaired) electrons. The maximum Gasteiger partial charge on any atom is 0.317 e. The molecule has 0 bridgehead atoms. The minimum Gasteiger partial charge on any atom is -0.480 e. The van der Waals surface area contributed by atoms with Gasteiger partial charge in [0.2, 0.25) is 10.0 Å². The van der Waals surface area contributed by atoms with E-state index in [9.17, 15) is 33.0 Å². The van der Waals surface area contributed by atoms with Crippen LogP contribution in [0.5, 0.6) is 0 Å². The number of primary sulfonamides is 1. The molecule has 5 N–H and O–H groups in total.